The molecule has 98 valence electrons. The van der Waals surface area contributed by atoms with E-state index in [0.29, 0.717) is 0 Å². The van der Waals surface area contributed by atoms with Crippen LogP contribution in [0.1, 0.15) is 5.56 Å². The Hall–Kier alpha value is -1.92. The highest BCUT2D eigenvalue weighted by atomic mass is 16.5. The van der Waals surface area contributed by atoms with E-state index >= 15 is 0 Å². The van der Waals surface area contributed by atoms with Crippen LogP contribution in [0.5, 0.6) is 0 Å². The maximum Gasteiger partial charge on any atom is 0.322 e. The van der Waals surface area contributed by atoms with Gasteiger partial charge in [0, 0.05) is 7.11 Å². The Morgan fingerprint density at radius 2 is 1.89 bits per heavy atom. The molecule has 0 saturated heterocycles. The van der Waals surface area contributed by atoms with Gasteiger partial charge in [-0.3, -0.25) is 9.59 Å². The highest BCUT2D eigenvalue weighted by Gasteiger charge is 2.32. The summed E-state index contributed by atoms with van der Waals surface area (Å²) < 4.78 is 9.70. The summed E-state index contributed by atoms with van der Waals surface area (Å²) in [6.45, 7) is 0.0554. The molecule has 0 bridgehead atoms. The number of carbonyl (C=O) groups is 2. The summed E-state index contributed by atoms with van der Waals surface area (Å²) in [6.07, 6.45) is -1.11. The molecular weight excluding hydrogens is 236 g/mol. The average Bonchev–Trinajstić information content (AvgIpc) is 2.37. The monoisotopic (exact) mass is 252 g/mol. The molecule has 18 heavy (non-hydrogen) atoms. The molecule has 0 aliphatic heterocycles. The van der Waals surface area contributed by atoms with Crippen molar-refractivity contribution in [2.24, 2.45) is 17.4 Å². The van der Waals surface area contributed by atoms with Crippen molar-refractivity contribution >= 4 is 11.9 Å². The van der Waals surface area contributed by atoms with Crippen LogP contribution >= 0.6 is 0 Å². The van der Waals surface area contributed by atoms with Gasteiger partial charge in [0.25, 0.3) is 0 Å². The Bertz CT molecular complexity index is 408. The first-order valence-corrected chi connectivity index (χ1v) is 5.34. The molecule has 4 N–H and O–H groups in total. The number of hydrogen-bond donors (Lipinski definition) is 2. The molecule has 1 aromatic rings. The fourth-order valence-corrected chi connectivity index (χ4v) is 1.37. The molecule has 0 aliphatic rings. The van der Waals surface area contributed by atoms with Crippen molar-refractivity contribution in [1.29, 1.82) is 0 Å². The third-order valence-electron chi connectivity index (χ3n) is 2.39. The van der Waals surface area contributed by atoms with Crippen LogP contribution in [-0.2, 0) is 25.7 Å². The summed E-state index contributed by atoms with van der Waals surface area (Å²) >= 11 is 0. The third-order valence-corrected chi connectivity index (χ3v) is 2.39. The largest absolute Gasteiger partial charge is 0.460 e. The van der Waals surface area contributed by atoms with Gasteiger partial charge in [-0.25, -0.2) is 0 Å². The molecule has 0 saturated carbocycles. The first-order valence-electron chi connectivity index (χ1n) is 5.34. The summed E-state index contributed by atoms with van der Waals surface area (Å²) in [5, 5.41) is 0. The topological polar surface area (TPSA) is 105 Å². The van der Waals surface area contributed by atoms with E-state index in [4.69, 9.17) is 20.9 Å². The van der Waals surface area contributed by atoms with Gasteiger partial charge >= 0.3 is 5.97 Å². The minimum absolute atomic E-state index is 0.0554. The molecule has 1 rings (SSSR count). The highest BCUT2D eigenvalue weighted by molar-refractivity contribution is 5.97. The minimum Gasteiger partial charge on any atom is -0.460 e. The smallest absolute Gasteiger partial charge is 0.322 e. The number of methoxy groups -OCH3 is 1. The van der Waals surface area contributed by atoms with E-state index in [1.165, 1.54) is 7.11 Å². The normalized spacial score (nSPS) is 13.7. The molecule has 0 radical (unpaired) electrons. The van der Waals surface area contributed by atoms with Crippen molar-refractivity contribution in [1.82, 2.24) is 0 Å². The zero-order valence-electron chi connectivity index (χ0n) is 10.0. The Kier molecular flexibility index (Phi) is 5.29. The fourth-order valence-electron chi connectivity index (χ4n) is 1.37. The number of esters is 1. The molecule has 6 heteroatoms. The number of carbonyl (C=O) groups excluding carboxylic acids is 2. The predicted molar refractivity (Wildman–Crippen MR) is 63.9 cm³/mol. The molecule has 0 aliphatic carbocycles. The van der Waals surface area contributed by atoms with E-state index in [9.17, 15) is 9.59 Å². The van der Waals surface area contributed by atoms with Crippen LogP contribution in [0, 0.1) is 5.92 Å². The summed E-state index contributed by atoms with van der Waals surface area (Å²) in [5.41, 5.74) is 11.4. The maximum absolute atomic E-state index is 11.7. The van der Waals surface area contributed by atoms with Gasteiger partial charge in [0.2, 0.25) is 5.91 Å². The van der Waals surface area contributed by atoms with Crippen molar-refractivity contribution in [3.05, 3.63) is 35.9 Å². The molecule has 2 atom stereocenters. The van der Waals surface area contributed by atoms with Crippen LogP contribution in [-0.4, -0.2) is 25.2 Å². The van der Waals surface area contributed by atoms with E-state index in [-0.39, 0.29) is 6.61 Å². The van der Waals surface area contributed by atoms with Gasteiger partial charge in [-0.05, 0) is 5.56 Å². The van der Waals surface area contributed by atoms with Crippen molar-refractivity contribution in [2.45, 2.75) is 12.8 Å². The fraction of sp³-hybridized carbons (Fsp3) is 0.333. The van der Waals surface area contributed by atoms with Crippen molar-refractivity contribution in [2.75, 3.05) is 7.11 Å². The maximum atomic E-state index is 11.7. The van der Waals surface area contributed by atoms with E-state index < -0.39 is 24.0 Å². The third kappa shape index (κ3) is 3.83. The molecule has 0 spiro atoms. The quantitative estimate of drug-likeness (QED) is 0.413. The number of ether oxygens (including phenoxy) is 2. The van der Waals surface area contributed by atoms with Crippen LogP contribution in [0.15, 0.2) is 30.3 Å². The summed E-state index contributed by atoms with van der Waals surface area (Å²) in [4.78, 5) is 22.8. The molecule has 0 heterocycles. The molecule has 6 nitrogen and oxygen atoms in total. The highest BCUT2D eigenvalue weighted by Crippen LogP contribution is 2.08. The second-order valence-electron chi connectivity index (χ2n) is 3.67. The molecule has 1 amide bonds. The van der Waals surface area contributed by atoms with Gasteiger partial charge in [0.1, 0.15) is 12.8 Å². The molecule has 0 aromatic heterocycles. The molecular formula is C12H16N2O4. The Morgan fingerprint density at radius 3 is 2.39 bits per heavy atom. The van der Waals surface area contributed by atoms with Crippen LogP contribution in [0.3, 0.4) is 0 Å². The summed E-state index contributed by atoms with van der Waals surface area (Å²) in [5.74, 6) is -2.97. The lowest BCUT2D eigenvalue weighted by Crippen LogP contribution is -2.45. The Morgan fingerprint density at radius 1 is 1.28 bits per heavy atom. The van der Waals surface area contributed by atoms with Gasteiger partial charge in [0.15, 0.2) is 5.92 Å². The van der Waals surface area contributed by atoms with Crippen molar-refractivity contribution in [3.8, 4) is 0 Å². The first kappa shape index (κ1) is 14.1. The Balaban J connectivity index is 2.60. The summed E-state index contributed by atoms with van der Waals surface area (Å²) in [6, 6.07) is 9.06. The van der Waals surface area contributed by atoms with Gasteiger partial charge < -0.3 is 20.9 Å². The van der Waals surface area contributed by atoms with Gasteiger partial charge in [-0.1, -0.05) is 30.3 Å². The molecule has 2 unspecified atom stereocenters. The zero-order valence-corrected chi connectivity index (χ0v) is 10.0. The van der Waals surface area contributed by atoms with Crippen molar-refractivity contribution < 1.29 is 19.1 Å². The van der Waals surface area contributed by atoms with Gasteiger partial charge in [-0.15, -0.1) is 0 Å². The molecule has 1 aromatic carbocycles. The number of benzene rings is 1. The van der Waals surface area contributed by atoms with E-state index in [2.05, 4.69) is 0 Å². The van der Waals surface area contributed by atoms with Crippen LogP contribution < -0.4 is 11.5 Å². The molecule has 0 fully saturated rings. The van der Waals surface area contributed by atoms with Gasteiger partial charge in [-0.2, -0.15) is 0 Å². The Labute approximate surface area is 105 Å². The number of nitrogens with two attached hydrogens (primary N) is 2. The average molecular weight is 252 g/mol. The van der Waals surface area contributed by atoms with E-state index in [0.717, 1.165) is 5.56 Å². The number of amides is 1. The van der Waals surface area contributed by atoms with E-state index in [1.807, 2.05) is 18.2 Å². The lowest BCUT2D eigenvalue weighted by Gasteiger charge is -2.18. The standard InChI is InChI=1S/C12H16N2O4/c1-17-11(14)9(10(13)15)12(16)18-7-8-5-3-2-4-6-8/h2-6,9,11H,7,14H2,1H3,(H2,13,15). The van der Waals surface area contributed by atoms with Crippen LogP contribution in [0.2, 0.25) is 0 Å². The first-order chi connectivity index (χ1) is 8.56. The number of hydrogen-bond acceptors (Lipinski definition) is 5. The minimum atomic E-state index is -1.31. The zero-order chi connectivity index (χ0) is 13.5. The van der Waals surface area contributed by atoms with Gasteiger partial charge in [0.05, 0.1) is 0 Å². The SMILES string of the molecule is COC(N)C(C(N)=O)C(=O)OCc1ccccc1. The number of primary amides is 1. The van der Waals surface area contributed by atoms with Crippen LogP contribution in [0.4, 0.5) is 0 Å². The number of rotatable bonds is 6. The summed E-state index contributed by atoms with van der Waals surface area (Å²) in [7, 11) is 1.28. The van der Waals surface area contributed by atoms with Crippen LogP contribution in [0.25, 0.3) is 0 Å². The van der Waals surface area contributed by atoms with Crippen molar-refractivity contribution in [3.63, 3.8) is 0 Å². The second-order valence-corrected chi connectivity index (χ2v) is 3.67. The lowest BCUT2D eigenvalue weighted by atomic mass is 10.1. The predicted octanol–water partition coefficient (Wildman–Crippen LogP) is -0.237. The van der Waals surface area contributed by atoms with E-state index in [1.54, 1.807) is 12.1 Å². The lowest BCUT2D eigenvalue weighted by molar-refractivity contribution is -0.158. The second kappa shape index (κ2) is 6.73.